The van der Waals surface area contributed by atoms with E-state index < -0.39 is 33.1 Å². The molecule has 2 saturated heterocycles. The molecule has 2 heterocycles. The molecule has 0 bridgehead atoms. The van der Waals surface area contributed by atoms with Gasteiger partial charge in [-0.3, -0.25) is 0 Å². The van der Waals surface area contributed by atoms with Crippen LogP contribution in [0.25, 0.3) is 0 Å². The Hall–Kier alpha value is 0.0569. The first-order valence-corrected chi connectivity index (χ1v) is 10.3. The first kappa shape index (κ1) is 13.7. The summed E-state index contributed by atoms with van der Waals surface area (Å²) in [6, 6.07) is 0. The van der Waals surface area contributed by atoms with Crippen molar-refractivity contribution in [2.45, 2.75) is 84.0 Å². The molecule has 4 atom stereocenters. The second-order valence-electron chi connectivity index (χ2n) is 7.86. The first-order chi connectivity index (χ1) is 9.66. The van der Waals surface area contributed by atoms with Crippen molar-refractivity contribution in [3.63, 3.8) is 0 Å². The van der Waals surface area contributed by atoms with Crippen LogP contribution >= 0.6 is 0 Å². The Balaban J connectivity index is 2.12. The van der Waals surface area contributed by atoms with Crippen molar-refractivity contribution in [2.75, 3.05) is 6.56 Å². The van der Waals surface area contributed by atoms with Crippen molar-refractivity contribution in [2.24, 2.45) is 5.92 Å². The van der Waals surface area contributed by atoms with Crippen LogP contribution in [0.2, 0.25) is 18.1 Å². The van der Waals surface area contributed by atoms with E-state index in [1.807, 2.05) is 33.9 Å². The molecule has 0 aromatic heterocycles. The van der Waals surface area contributed by atoms with E-state index in [1.165, 1.54) is 0 Å². The minimum Gasteiger partial charge on any atom is -0.414 e. The number of rotatable bonds is 3. The van der Waals surface area contributed by atoms with Crippen LogP contribution in [-0.4, -0.2) is 39.2 Å². The lowest BCUT2D eigenvalue weighted by Gasteiger charge is -2.37. The predicted octanol–water partition coefficient (Wildman–Crippen LogP) is 3.52. The zero-order valence-electron chi connectivity index (χ0n) is 15.9. The van der Waals surface area contributed by atoms with Crippen LogP contribution in [0, 0.1) is 5.92 Å². The number of fused-ring (bicyclic) bond motifs is 1. The molecule has 0 unspecified atom stereocenters. The number of ether oxygens (including phenoxy) is 3. The summed E-state index contributed by atoms with van der Waals surface area (Å²) in [5.41, 5.74) is 0. The fraction of sp³-hybridized carbons (Fsp3) is 1.00. The zero-order valence-corrected chi connectivity index (χ0v) is 14.9. The molecule has 0 saturated carbocycles. The minimum absolute atomic E-state index is 0.0624. The predicted molar refractivity (Wildman–Crippen MR) is 81.0 cm³/mol. The van der Waals surface area contributed by atoms with Crippen molar-refractivity contribution < 1.29 is 21.4 Å². The largest absolute Gasteiger partial charge is 0.414 e. The van der Waals surface area contributed by atoms with Gasteiger partial charge in [-0.2, -0.15) is 0 Å². The molecule has 0 aromatic carbocycles. The minimum atomic E-state index is -2.24. The van der Waals surface area contributed by atoms with E-state index in [0.29, 0.717) is 0 Å². The fourth-order valence-electron chi connectivity index (χ4n) is 2.15. The third-order valence-electron chi connectivity index (χ3n) is 4.60. The van der Waals surface area contributed by atoms with Gasteiger partial charge in [0, 0.05) is 5.92 Å². The highest BCUT2D eigenvalue weighted by molar-refractivity contribution is 6.74. The van der Waals surface area contributed by atoms with E-state index in [0.717, 1.165) is 0 Å². The first-order valence-electron chi connectivity index (χ1n) is 8.38. The Morgan fingerprint density at radius 1 is 1.25 bits per heavy atom. The second kappa shape index (κ2) is 5.06. The highest BCUT2D eigenvalue weighted by Crippen LogP contribution is 2.42. The molecule has 0 radical (unpaired) electrons. The van der Waals surface area contributed by atoms with E-state index in [4.69, 9.17) is 21.4 Å². The summed E-state index contributed by atoms with van der Waals surface area (Å²) < 4.78 is 40.2. The summed E-state index contributed by atoms with van der Waals surface area (Å²) in [5, 5.41) is -0.0624. The van der Waals surface area contributed by atoms with Crippen LogP contribution in [0.4, 0.5) is 0 Å². The average molecular weight is 304 g/mol. The summed E-state index contributed by atoms with van der Waals surface area (Å²) in [6.45, 7) is 14.1. The highest BCUT2D eigenvalue weighted by atomic mass is 28.4. The van der Waals surface area contributed by atoms with Crippen LogP contribution in [0.15, 0.2) is 0 Å². The Morgan fingerprint density at radius 3 is 2.35 bits per heavy atom. The Labute approximate surface area is 127 Å². The standard InChI is InChI=1S/C15H30O4Si/c1-10-11(9-16-20(7,8)14(2,3)4)17-13-12(10)18-15(5,6)19-13/h10-13H,9H2,1-8H3/t10-,11+,12+,13+/m0/s1/i9D2. The van der Waals surface area contributed by atoms with Gasteiger partial charge in [0.25, 0.3) is 0 Å². The topological polar surface area (TPSA) is 36.9 Å². The molecule has 4 nitrogen and oxygen atoms in total. The molecule has 0 N–H and O–H groups in total. The van der Waals surface area contributed by atoms with E-state index in [-0.39, 0.29) is 17.1 Å². The van der Waals surface area contributed by atoms with Crippen LogP contribution in [0.5, 0.6) is 0 Å². The summed E-state index contributed by atoms with van der Waals surface area (Å²) in [5.74, 6) is -0.812. The van der Waals surface area contributed by atoms with Gasteiger partial charge in [-0.05, 0) is 32.0 Å². The maximum Gasteiger partial charge on any atom is 0.192 e. The smallest absolute Gasteiger partial charge is 0.192 e. The van der Waals surface area contributed by atoms with E-state index in [9.17, 15) is 0 Å². The maximum absolute atomic E-state index is 8.41. The molecule has 0 amide bonds. The molecular formula is C15H30O4Si. The van der Waals surface area contributed by atoms with Crippen molar-refractivity contribution in [3.8, 4) is 0 Å². The van der Waals surface area contributed by atoms with Crippen LogP contribution in [-0.2, 0) is 18.6 Å². The molecule has 2 fully saturated rings. The third kappa shape index (κ3) is 3.12. The third-order valence-corrected chi connectivity index (χ3v) is 8.84. The maximum atomic E-state index is 8.41. The van der Waals surface area contributed by atoms with Gasteiger partial charge in [0.15, 0.2) is 20.4 Å². The summed E-state index contributed by atoms with van der Waals surface area (Å²) >= 11 is 0. The van der Waals surface area contributed by atoms with E-state index in [2.05, 4.69) is 20.8 Å². The van der Waals surface area contributed by atoms with Gasteiger partial charge < -0.3 is 18.6 Å². The van der Waals surface area contributed by atoms with Crippen LogP contribution < -0.4 is 0 Å². The molecule has 0 aliphatic carbocycles. The summed E-state index contributed by atoms with van der Waals surface area (Å²) in [6.07, 6.45) is -1.46. The lowest BCUT2D eigenvalue weighted by molar-refractivity contribution is -0.212. The lowest BCUT2D eigenvalue weighted by atomic mass is 10.0. The molecule has 0 aromatic rings. The van der Waals surface area contributed by atoms with Crippen molar-refractivity contribution in [3.05, 3.63) is 0 Å². The molecule has 118 valence electrons. The van der Waals surface area contributed by atoms with Gasteiger partial charge in [-0.1, -0.05) is 27.7 Å². The summed E-state index contributed by atoms with van der Waals surface area (Å²) in [7, 11) is -2.24. The average Bonchev–Trinajstić information content (AvgIpc) is 2.70. The molecular weight excluding hydrogens is 272 g/mol. The molecule has 0 spiro atoms. The number of hydrogen-bond acceptors (Lipinski definition) is 4. The zero-order chi connectivity index (χ0) is 17.1. The lowest BCUT2D eigenvalue weighted by Crippen LogP contribution is -2.43. The van der Waals surface area contributed by atoms with Gasteiger partial charge >= 0.3 is 0 Å². The van der Waals surface area contributed by atoms with Gasteiger partial charge in [0.1, 0.15) is 6.10 Å². The Bertz CT molecular complexity index is 434. The van der Waals surface area contributed by atoms with E-state index >= 15 is 0 Å². The van der Waals surface area contributed by atoms with E-state index in [1.54, 1.807) is 0 Å². The normalized spacial score (nSPS) is 39.4. The highest BCUT2D eigenvalue weighted by Gasteiger charge is 2.53. The van der Waals surface area contributed by atoms with Crippen LogP contribution in [0.1, 0.15) is 44.3 Å². The van der Waals surface area contributed by atoms with Crippen LogP contribution in [0.3, 0.4) is 0 Å². The van der Waals surface area contributed by atoms with Crippen molar-refractivity contribution in [1.29, 1.82) is 0 Å². The SMILES string of the molecule is [2H]C([2H])(O[Si](C)(C)C(C)(C)C)[C@H]1O[C@@H]2OC(C)(C)O[C@@H]2[C@H]1C. The molecule has 20 heavy (non-hydrogen) atoms. The van der Waals surface area contributed by atoms with Gasteiger partial charge in [0.2, 0.25) is 0 Å². The molecule has 2 aliphatic heterocycles. The van der Waals surface area contributed by atoms with Gasteiger partial charge in [0.05, 0.1) is 15.4 Å². The Kier molecular flexibility index (Phi) is 3.46. The fourth-order valence-corrected chi connectivity index (χ4v) is 2.87. The second-order valence-corrected chi connectivity index (χ2v) is 12.6. The molecule has 2 rings (SSSR count). The molecule has 2 aliphatic rings. The van der Waals surface area contributed by atoms with Crippen molar-refractivity contribution >= 4 is 8.32 Å². The van der Waals surface area contributed by atoms with Gasteiger partial charge in [-0.15, -0.1) is 0 Å². The van der Waals surface area contributed by atoms with Crippen molar-refractivity contribution in [1.82, 2.24) is 0 Å². The molecule has 5 heteroatoms. The quantitative estimate of drug-likeness (QED) is 0.748. The Morgan fingerprint density at radius 2 is 1.85 bits per heavy atom. The number of hydrogen-bond donors (Lipinski definition) is 0. The van der Waals surface area contributed by atoms with Gasteiger partial charge in [-0.25, -0.2) is 0 Å². The summed E-state index contributed by atoms with van der Waals surface area (Å²) in [4.78, 5) is 0. The monoisotopic (exact) mass is 304 g/mol.